The summed E-state index contributed by atoms with van der Waals surface area (Å²) in [4.78, 5) is 2.42. The normalized spacial score (nSPS) is 18.9. The third kappa shape index (κ3) is 2.65. The second-order valence-electron chi connectivity index (χ2n) is 4.97. The molecule has 1 aromatic rings. The molecule has 1 unspecified atom stereocenters. The van der Waals surface area contributed by atoms with Gasteiger partial charge in [-0.1, -0.05) is 0 Å². The lowest BCUT2D eigenvalue weighted by atomic mass is 10.1. The molecule has 96 valence electrons. The van der Waals surface area contributed by atoms with Crippen molar-refractivity contribution in [1.82, 2.24) is 0 Å². The highest BCUT2D eigenvalue weighted by Gasteiger charge is 2.24. The van der Waals surface area contributed by atoms with Crippen molar-refractivity contribution in [1.29, 1.82) is 5.26 Å². The predicted octanol–water partition coefficient (Wildman–Crippen LogP) is 2.61. The Morgan fingerprint density at radius 1 is 1.50 bits per heavy atom. The predicted molar refractivity (Wildman–Crippen MR) is 72.6 cm³/mol. The number of nitrogens with zero attached hydrogens (tertiary/aromatic N) is 2. The first-order valence-corrected chi connectivity index (χ1v) is 6.64. The SMILES string of the molecule is Cc1cc(N2CCCC2CCCO)ccc1C#N. The van der Waals surface area contributed by atoms with Crippen LogP contribution in [-0.2, 0) is 0 Å². The number of aliphatic hydroxyl groups excluding tert-OH is 1. The van der Waals surface area contributed by atoms with E-state index in [1.165, 1.54) is 18.5 Å². The van der Waals surface area contributed by atoms with Gasteiger partial charge in [0, 0.05) is 24.9 Å². The number of benzene rings is 1. The van der Waals surface area contributed by atoms with Crippen LogP contribution in [0.3, 0.4) is 0 Å². The van der Waals surface area contributed by atoms with E-state index in [0.717, 1.165) is 30.5 Å². The van der Waals surface area contributed by atoms with E-state index in [4.69, 9.17) is 10.4 Å². The van der Waals surface area contributed by atoms with Crippen LogP contribution in [0.2, 0.25) is 0 Å². The minimum atomic E-state index is 0.275. The molecule has 1 aliphatic heterocycles. The molecule has 0 radical (unpaired) electrons. The highest BCUT2D eigenvalue weighted by atomic mass is 16.2. The van der Waals surface area contributed by atoms with Gasteiger partial charge in [0.2, 0.25) is 0 Å². The van der Waals surface area contributed by atoms with Crippen molar-refractivity contribution >= 4 is 5.69 Å². The standard InChI is InChI=1S/C15H20N2O/c1-12-10-15(7-6-13(12)11-16)17-8-2-4-14(17)5-3-9-18/h6-7,10,14,18H,2-5,8-9H2,1H3. The summed E-state index contributed by atoms with van der Waals surface area (Å²) >= 11 is 0. The average Bonchev–Trinajstić information content (AvgIpc) is 2.84. The van der Waals surface area contributed by atoms with Gasteiger partial charge in [0.25, 0.3) is 0 Å². The first-order chi connectivity index (χ1) is 8.76. The number of hydrogen-bond donors (Lipinski definition) is 1. The third-order valence-corrected chi connectivity index (χ3v) is 3.73. The van der Waals surface area contributed by atoms with Crippen LogP contribution in [0.1, 0.15) is 36.8 Å². The largest absolute Gasteiger partial charge is 0.396 e. The summed E-state index contributed by atoms with van der Waals surface area (Å²) in [5, 5.41) is 17.9. The zero-order chi connectivity index (χ0) is 13.0. The summed E-state index contributed by atoms with van der Waals surface area (Å²) in [5.74, 6) is 0. The van der Waals surface area contributed by atoms with Crippen LogP contribution in [0.25, 0.3) is 0 Å². The van der Waals surface area contributed by atoms with Gasteiger partial charge < -0.3 is 10.0 Å². The molecule has 3 nitrogen and oxygen atoms in total. The van der Waals surface area contributed by atoms with Crippen LogP contribution in [0.4, 0.5) is 5.69 Å². The number of aliphatic hydroxyl groups is 1. The zero-order valence-electron chi connectivity index (χ0n) is 10.9. The fourth-order valence-corrected chi connectivity index (χ4v) is 2.75. The van der Waals surface area contributed by atoms with Gasteiger partial charge >= 0.3 is 0 Å². The average molecular weight is 244 g/mol. The van der Waals surface area contributed by atoms with Crippen molar-refractivity contribution in [3.63, 3.8) is 0 Å². The highest BCUT2D eigenvalue weighted by Crippen LogP contribution is 2.29. The smallest absolute Gasteiger partial charge is 0.0994 e. The molecular weight excluding hydrogens is 224 g/mol. The summed E-state index contributed by atoms with van der Waals surface area (Å²) in [7, 11) is 0. The second kappa shape index (κ2) is 5.88. The lowest BCUT2D eigenvalue weighted by Gasteiger charge is -2.27. The van der Waals surface area contributed by atoms with Gasteiger partial charge in [0.15, 0.2) is 0 Å². The third-order valence-electron chi connectivity index (χ3n) is 3.73. The summed E-state index contributed by atoms with van der Waals surface area (Å²) in [6, 6.07) is 8.81. The fraction of sp³-hybridized carbons (Fsp3) is 0.533. The Kier molecular flexibility index (Phi) is 4.22. The van der Waals surface area contributed by atoms with Crippen molar-refractivity contribution in [3.8, 4) is 6.07 Å². The Labute approximate surface area is 109 Å². The molecule has 1 atom stereocenters. The van der Waals surface area contributed by atoms with Gasteiger partial charge in [-0.15, -0.1) is 0 Å². The van der Waals surface area contributed by atoms with E-state index in [2.05, 4.69) is 17.0 Å². The van der Waals surface area contributed by atoms with E-state index in [0.29, 0.717) is 6.04 Å². The molecule has 0 spiro atoms. The molecule has 2 rings (SSSR count). The van der Waals surface area contributed by atoms with E-state index in [1.807, 2.05) is 19.1 Å². The van der Waals surface area contributed by atoms with Crippen LogP contribution >= 0.6 is 0 Å². The van der Waals surface area contributed by atoms with E-state index in [-0.39, 0.29) is 6.61 Å². The maximum atomic E-state index is 8.95. The highest BCUT2D eigenvalue weighted by molar-refractivity contribution is 5.54. The molecule has 1 N–H and O–H groups in total. The molecule has 1 saturated heterocycles. The van der Waals surface area contributed by atoms with Gasteiger partial charge in [-0.25, -0.2) is 0 Å². The molecule has 3 heteroatoms. The Balaban J connectivity index is 2.15. The van der Waals surface area contributed by atoms with Crippen molar-refractivity contribution in [2.24, 2.45) is 0 Å². The van der Waals surface area contributed by atoms with Crippen LogP contribution < -0.4 is 4.90 Å². The van der Waals surface area contributed by atoms with Gasteiger partial charge in [0.1, 0.15) is 0 Å². The molecule has 18 heavy (non-hydrogen) atoms. The Hall–Kier alpha value is -1.53. The monoisotopic (exact) mass is 244 g/mol. The van der Waals surface area contributed by atoms with Crippen molar-refractivity contribution in [3.05, 3.63) is 29.3 Å². The second-order valence-corrected chi connectivity index (χ2v) is 4.97. The van der Waals surface area contributed by atoms with Crippen LogP contribution in [-0.4, -0.2) is 24.3 Å². The molecule has 1 heterocycles. The topological polar surface area (TPSA) is 47.3 Å². The quantitative estimate of drug-likeness (QED) is 0.885. The maximum absolute atomic E-state index is 8.95. The van der Waals surface area contributed by atoms with Gasteiger partial charge in [0.05, 0.1) is 11.6 Å². The molecule has 1 aliphatic rings. The molecule has 0 amide bonds. The lowest BCUT2D eigenvalue weighted by molar-refractivity contribution is 0.279. The lowest BCUT2D eigenvalue weighted by Crippen LogP contribution is -2.29. The Bertz CT molecular complexity index is 450. The molecule has 1 aromatic carbocycles. The molecule has 0 saturated carbocycles. The van der Waals surface area contributed by atoms with Crippen LogP contribution in [0.5, 0.6) is 0 Å². The first-order valence-electron chi connectivity index (χ1n) is 6.64. The van der Waals surface area contributed by atoms with Crippen molar-refractivity contribution in [2.75, 3.05) is 18.1 Å². The zero-order valence-corrected chi connectivity index (χ0v) is 10.9. The summed E-state index contributed by atoms with van der Waals surface area (Å²) in [6.45, 7) is 3.35. The maximum Gasteiger partial charge on any atom is 0.0994 e. The summed E-state index contributed by atoms with van der Waals surface area (Å²) in [5.41, 5.74) is 3.01. The van der Waals surface area contributed by atoms with E-state index < -0.39 is 0 Å². The van der Waals surface area contributed by atoms with E-state index in [1.54, 1.807) is 0 Å². The van der Waals surface area contributed by atoms with Crippen molar-refractivity contribution in [2.45, 2.75) is 38.6 Å². The molecule has 0 aliphatic carbocycles. The molecular formula is C15H20N2O. The minimum Gasteiger partial charge on any atom is -0.396 e. The fourth-order valence-electron chi connectivity index (χ4n) is 2.75. The van der Waals surface area contributed by atoms with Gasteiger partial charge in [-0.05, 0) is 56.4 Å². The van der Waals surface area contributed by atoms with Gasteiger partial charge in [-0.2, -0.15) is 5.26 Å². The molecule has 0 bridgehead atoms. The number of aryl methyl sites for hydroxylation is 1. The number of hydrogen-bond acceptors (Lipinski definition) is 3. The summed E-state index contributed by atoms with van der Waals surface area (Å²) in [6.07, 6.45) is 4.35. The summed E-state index contributed by atoms with van der Waals surface area (Å²) < 4.78 is 0. The number of anilines is 1. The van der Waals surface area contributed by atoms with Crippen molar-refractivity contribution < 1.29 is 5.11 Å². The molecule has 0 aromatic heterocycles. The first kappa shape index (κ1) is 12.9. The van der Waals surface area contributed by atoms with Crippen LogP contribution in [0, 0.1) is 18.3 Å². The minimum absolute atomic E-state index is 0.275. The van der Waals surface area contributed by atoms with Crippen LogP contribution in [0.15, 0.2) is 18.2 Å². The molecule has 1 fully saturated rings. The van der Waals surface area contributed by atoms with E-state index in [9.17, 15) is 0 Å². The van der Waals surface area contributed by atoms with E-state index >= 15 is 0 Å². The van der Waals surface area contributed by atoms with Gasteiger partial charge in [-0.3, -0.25) is 0 Å². The number of nitriles is 1. The Morgan fingerprint density at radius 3 is 3.00 bits per heavy atom. The number of rotatable bonds is 4. The Morgan fingerprint density at radius 2 is 2.33 bits per heavy atom.